The van der Waals surface area contributed by atoms with E-state index in [1.807, 2.05) is 19.1 Å². The highest BCUT2D eigenvalue weighted by Crippen LogP contribution is 2.30. The van der Waals surface area contributed by atoms with Crippen molar-refractivity contribution in [3.8, 4) is 0 Å². The maximum Gasteiger partial charge on any atom is 0.274 e. The molecule has 1 aliphatic heterocycles. The number of aryl methyl sites for hydroxylation is 2. The topological polar surface area (TPSA) is 92.6 Å². The number of nitro benzene ring substituents is 1. The van der Waals surface area contributed by atoms with Crippen LogP contribution in [0.4, 0.5) is 17.1 Å². The molecule has 0 unspecified atom stereocenters. The molecule has 0 spiro atoms. The number of hydrogen-bond acceptors (Lipinski definition) is 4. The van der Waals surface area contributed by atoms with Gasteiger partial charge in [-0.2, -0.15) is 0 Å². The number of anilines is 2. The van der Waals surface area contributed by atoms with Gasteiger partial charge in [-0.15, -0.1) is 0 Å². The Kier molecular flexibility index (Phi) is 5.27. The Hall–Kier alpha value is -2.74. The molecule has 140 valence electrons. The molecule has 2 aromatic carbocycles. The molecule has 0 radical (unpaired) electrons. The van der Waals surface area contributed by atoms with Gasteiger partial charge in [-0.25, -0.2) is 0 Å². The molecule has 1 fully saturated rings. The number of nitrogens with zero attached hydrogens (tertiary/aromatic N) is 2. The second-order valence-corrected chi connectivity index (χ2v) is 7.44. The predicted octanol–water partition coefficient (Wildman–Crippen LogP) is 3.97. The van der Waals surface area contributed by atoms with E-state index in [2.05, 4.69) is 21.2 Å². The first kappa shape index (κ1) is 19.0. The lowest BCUT2D eigenvalue weighted by Crippen LogP contribution is -2.28. The van der Waals surface area contributed by atoms with Gasteiger partial charge in [0.15, 0.2) is 0 Å². The Bertz CT molecular complexity index is 945. The van der Waals surface area contributed by atoms with Gasteiger partial charge in [0.25, 0.3) is 5.69 Å². The van der Waals surface area contributed by atoms with Gasteiger partial charge < -0.3 is 10.2 Å². The van der Waals surface area contributed by atoms with Crippen molar-refractivity contribution in [2.75, 3.05) is 16.8 Å². The van der Waals surface area contributed by atoms with E-state index in [-0.39, 0.29) is 30.5 Å². The second-order valence-electron chi connectivity index (χ2n) is 6.59. The lowest BCUT2D eigenvalue weighted by molar-refractivity contribution is -0.385. The minimum absolute atomic E-state index is 0.0430. The first-order chi connectivity index (χ1) is 12.8. The van der Waals surface area contributed by atoms with Crippen molar-refractivity contribution in [3.05, 3.63) is 62.1 Å². The van der Waals surface area contributed by atoms with Crippen LogP contribution in [0.3, 0.4) is 0 Å². The van der Waals surface area contributed by atoms with Crippen LogP contribution in [0.2, 0.25) is 0 Å². The third-order valence-electron chi connectivity index (χ3n) is 4.62. The molecule has 27 heavy (non-hydrogen) atoms. The van der Waals surface area contributed by atoms with Crippen molar-refractivity contribution in [2.45, 2.75) is 20.3 Å². The zero-order chi connectivity index (χ0) is 19.7. The molecule has 1 atom stereocenters. The number of carbonyl (C=O) groups excluding carboxylic acids is 2. The van der Waals surface area contributed by atoms with Gasteiger partial charge >= 0.3 is 0 Å². The number of nitrogens with one attached hydrogen (secondary N) is 1. The zero-order valence-corrected chi connectivity index (χ0v) is 16.4. The van der Waals surface area contributed by atoms with Crippen LogP contribution in [0.15, 0.2) is 40.9 Å². The first-order valence-corrected chi connectivity index (χ1v) is 9.18. The summed E-state index contributed by atoms with van der Waals surface area (Å²) < 4.78 is 0.948. The predicted molar refractivity (Wildman–Crippen MR) is 106 cm³/mol. The Morgan fingerprint density at radius 3 is 2.63 bits per heavy atom. The van der Waals surface area contributed by atoms with Crippen LogP contribution in [0.25, 0.3) is 0 Å². The van der Waals surface area contributed by atoms with Gasteiger partial charge in [-0.3, -0.25) is 19.7 Å². The molecule has 8 heteroatoms. The second kappa shape index (κ2) is 7.48. The summed E-state index contributed by atoms with van der Waals surface area (Å²) in [5.74, 6) is -0.976. The van der Waals surface area contributed by atoms with E-state index in [9.17, 15) is 19.7 Å². The molecular weight excluding hydrogens is 414 g/mol. The molecule has 3 rings (SSSR count). The van der Waals surface area contributed by atoms with E-state index < -0.39 is 10.8 Å². The normalized spacial score (nSPS) is 16.5. The highest BCUT2D eigenvalue weighted by Gasteiger charge is 2.35. The minimum Gasteiger partial charge on any atom is -0.326 e. The zero-order valence-electron chi connectivity index (χ0n) is 14.9. The molecule has 2 aromatic rings. The summed E-state index contributed by atoms with van der Waals surface area (Å²) in [6.07, 6.45) is 0.0724. The number of amides is 2. The summed E-state index contributed by atoms with van der Waals surface area (Å²) in [5.41, 5.74) is 2.57. The molecule has 2 amide bonds. The van der Waals surface area contributed by atoms with Gasteiger partial charge in [0.1, 0.15) is 0 Å². The van der Waals surface area contributed by atoms with Crippen molar-refractivity contribution in [1.29, 1.82) is 0 Å². The lowest BCUT2D eigenvalue weighted by Gasteiger charge is -2.17. The standard InChI is InChI=1S/C19H18BrN3O4/c1-11-3-5-15(9-17(11)23(26)27)22-10-13(8-18(22)24)19(25)21-14-4-6-16(20)12(2)7-14/h3-7,9,13H,8,10H2,1-2H3,(H,21,25)/t13-/m0/s1. The quantitative estimate of drug-likeness (QED) is 0.585. The maximum absolute atomic E-state index is 12.6. The molecule has 7 nitrogen and oxygen atoms in total. The van der Waals surface area contributed by atoms with Crippen molar-refractivity contribution in [3.63, 3.8) is 0 Å². The van der Waals surface area contributed by atoms with E-state index in [0.29, 0.717) is 16.9 Å². The van der Waals surface area contributed by atoms with Gasteiger partial charge in [0.05, 0.1) is 16.5 Å². The van der Waals surface area contributed by atoms with E-state index in [4.69, 9.17) is 0 Å². The first-order valence-electron chi connectivity index (χ1n) is 8.38. The van der Waals surface area contributed by atoms with E-state index in [0.717, 1.165) is 10.0 Å². The van der Waals surface area contributed by atoms with Crippen LogP contribution in [-0.4, -0.2) is 23.3 Å². The molecule has 1 N–H and O–H groups in total. The van der Waals surface area contributed by atoms with Crippen LogP contribution in [-0.2, 0) is 9.59 Å². The highest BCUT2D eigenvalue weighted by atomic mass is 79.9. The molecule has 0 aromatic heterocycles. The number of benzene rings is 2. The van der Waals surface area contributed by atoms with Crippen LogP contribution in [0.5, 0.6) is 0 Å². The monoisotopic (exact) mass is 431 g/mol. The summed E-state index contributed by atoms with van der Waals surface area (Å²) in [5, 5.41) is 14.0. The molecule has 0 bridgehead atoms. The average Bonchev–Trinajstić information content (AvgIpc) is 3.00. The summed E-state index contributed by atoms with van der Waals surface area (Å²) in [6.45, 7) is 3.76. The van der Waals surface area contributed by atoms with Crippen LogP contribution in [0.1, 0.15) is 17.5 Å². The fourth-order valence-corrected chi connectivity index (χ4v) is 3.31. The molecule has 0 aliphatic carbocycles. The summed E-state index contributed by atoms with van der Waals surface area (Å²) >= 11 is 3.41. The van der Waals surface area contributed by atoms with Crippen molar-refractivity contribution in [2.24, 2.45) is 5.92 Å². The van der Waals surface area contributed by atoms with Crippen LogP contribution >= 0.6 is 15.9 Å². The average molecular weight is 432 g/mol. The molecule has 1 heterocycles. The van der Waals surface area contributed by atoms with Crippen molar-refractivity contribution >= 4 is 44.8 Å². The number of rotatable bonds is 4. The third-order valence-corrected chi connectivity index (χ3v) is 5.51. The van der Waals surface area contributed by atoms with E-state index in [1.54, 1.807) is 25.1 Å². The van der Waals surface area contributed by atoms with Gasteiger partial charge in [0.2, 0.25) is 11.8 Å². The molecule has 1 saturated heterocycles. The Labute approximate surface area is 164 Å². The molecule has 1 aliphatic rings. The fraction of sp³-hybridized carbons (Fsp3) is 0.263. The van der Waals surface area contributed by atoms with E-state index >= 15 is 0 Å². The fourth-order valence-electron chi connectivity index (χ4n) is 3.06. The van der Waals surface area contributed by atoms with E-state index in [1.165, 1.54) is 11.0 Å². The van der Waals surface area contributed by atoms with Gasteiger partial charge in [-0.1, -0.05) is 22.0 Å². The summed E-state index contributed by atoms with van der Waals surface area (Å²) in [6, 6.07) is 10.1. The Morgan fingerprint density at radius 2 is 1.96 bits per heavy atom. The minimum atomic E-state index is -0.512. The van der Waals surface area contributed by atoms with Crippen LogP contribution < -0.4 is 10.2 Å². The highest BCUT2D eigenvalue weighted by molar-refractivity contribution is 9.10. The largest absolute Gasteiger partial charge is 0.326 e. The molecular formula is C19H18BrN3O4. The molecule has 0 saturated carbocycles. The Morgan fingerprint density at radius 1 is 1.22 bits per heavy atom. The van der Waals surface area contributed by atoms with Gasteiger partial charge in [0, 0.05) is 34.8 Å². The number of hydrogen-bond donors (Lipinski definition) is 1. The smallest absolute Gasteiger partial charge is 0.274 e. The summed E-state index contributed by atoms with van der Waals surface area (Å²) in [4.78, 5) is 37.0. The van der Waals surface area contributed by atoms with Crippen molar-refractivity contribution < 1.29 is 14.5 Å². The lowest BCUT2D eigenvalue weighted by atomic mass is 10.1. The van der Waals surface area contributed by atoms with Crippen molar-refractivity contribution in [1.82, 2.24) is 0 Å². The summed E-state index contributed by atoms with van der Waals surface area (Å²) in [7, 11) is 0. The maximum atomic E-state index is 12.6. The van der Waals surface area contributed by atoms with Gasteiger partial charge in [-0.05, 0) is 43.7 Å². The SMILES string of the molecule is Cc1cc(NC(=O)[C@H]2CC(=O)N(c3ccc(C)c([N+](=O)[O-])c3)C2)ccc1Br. The van der Waals surface area contributed by atoms with Crippen LogP contribution in [0, 0.1) is 29.9 Å². The third kappa shape index (κ3) is 4.00. The number of carbonyl (C=O) groups is 2. The Balaban J connectivity index is 1.75. The number of nitro groups is 1. The number of halogens is 1.